The van der Waals surface area contributed by atoms with Crippen LogP contribution < -0.4 is 0 Å². The molecule has 0 unspecified atom stereocenters. The van der Waals surface area contributed by atoms with Crippen molar-refractivity contribution in [1.82, 2.24) is 9.80 Å². The molecular weight excluding hydrogens is 346 g/mol. The lowest BCUT2D eigenvalue weighted by Gasteiger charge is -2.29. The minimum Gasteiger partial charge on any atom is -0.345 e. The summed E-state index contributed by atoms with van der Waals surface area (Å²) in [4.78, 5) is 16.1. The number of hydrogen-bond donors (Lipinski definition) is 1. The first-order valence-corrected chi connectivity index (χ1v) is 10.2. The molecule has 3 rings (SSSR count). The number of nitrogens with one attached hydrogen (secondary N) is 1. The van der Waals surface area contributed by atoms with E-state index in [-0.39, 0.29) is 5.91 Å². The van der Waals surface area contributed by atoms with E-state index in [4.69, 9.17) is 5.41 Å². The van der Waals surface area contributed by atoms with Crippen molar-refractivity contribution < 1.29 is 4.79 Å². The third-order valence-electron chi connectivity index (χ3n) is 5.45. The number of hydrogen-bond acceptors (Lipinski definition) is 3. The van der Waals surface area contributed by atoms with E-state index >= 15 is 0 Å². The normalized spacial score (nSPS) is 13.8. The van der Waals surface area contributed by atoms with Gasteiger partial charge in [-0.15, -0.1) is 0 Å². The van der Waals surface area contributed by atoms with Crippen LogP contribution in [0.4, 0.5) is 0 Å². The van der Waals surface area contributed by atoms with Gasteiger partial charge in [-0.1, -0.05) is 43.7 Å². The quantitative estimate of drug-likeness (QED) is 0.716. The van der Waals surface area contributed by atoms with Gasteiger partial charge in [0.05, 0.1) is 0 Å². The molecule has 1 heterocycles. The lowest BCUT2D eigenvalue weighted by Crippen LogP contribution is -2.32. The van der Waals surface area contributed by atoms with Gasteiger partial charge in [-0.05, 0) is 53.6 Å². The van der Waals surface area contributed by atoms with Crippen LogP contribution in [0.3, 0.4) is 0 Å². The molecular formula is C24H31N3O. The first-order chi connectivity index (χ1) is 13.5. The molecule has 2 aromatic rings. The maximum Gasteiger partial charge on any atom is 0.253 e. The molecule has 0 saturated heterocycles. The smallest absolute Gasteiger partial charge is 0.253 e. The molecule has 28 heavy (non-hydrogen) atoms. The van der Waals surface area contributed by atoms with Crippen LogP contribution in [0.5, 0.6) is 0 Å². The standard InChI is InChI=1S/C24H31N3O/c1-4-5-23(25)13-15-27-14-12-21-16-20(10-11-22(21)17-27)18-6-8-19(9-7-18)24(28)26(2)3/h6-11,16,25H,4-5,12-15,17H2,1-3H3. The minimum absolute atomic E-state index is 0.0316. The number of carbonyl (C=O) groups excluding carboxylic acids is 1. The SMILES string of the molecule is CCCC(=N)CCN1CCc2cc(-c3ccc(C(=O)N(C)C)cc3)ccc2C1. The van der Waals surface area contributed by atoms with Crippen LogP contribution in [0.2, 0.25) is 0 Å². The highest BCUT2D eigenvalue weighted by Gasteiger charge is 2.17. The van der Waals surface area contributed by atoms with Crippen molar-refractivity contribution in [2.45, 2.75) is 39.2 Å². The Balaban J connectivity index is 1.66. The van der Waals surface area contributed by atoms with Gasteiger partial charge in [0, 0.05) is 45.0 Å². The summed E-state index contributed by atoms with van der Waals surface area (Å²) in [5.74, 6) is 0.0316. The first-order valence-electron chi connectivity index (χ1n) is 10.2. The van der Waals surface area contributed by atoms with Crippen LogP contribution in [0, 0.1) is 5.41 Å². The van der Waals surface area contributed by atoms with Gasteiger partial charge in [0.1, 0.15) is 0 Å². The average Bonchev–Trinajstić information content (AvgIpc) is 2.71. The molecule has 0 atom stereocenters. The van der Waals surface area contributed by atoms with Crippen molar-refractivity contribution in [2.24, 2.45) is 0 Å². The Morgan fingerprint density at radius 1 is 1.04 bits per heavy atom. The third kappa shape index (κ3) is 4.87. The van der Waals surface area contributed by atoms with Crippen molar-refractivity contribution in [3.8, 4) is 11.1 Å². The van der Waals surface area contributed by atoms with E-state index in [1.54, 1.807) is 19.0 Å². The lowest BCUT2D eigenvalue weighted by atomic mass is 9.94. The fourth-order valence-corrected chi connectivity index (χ4v) is 3.77. The summed E-state index contributed by atoms with van der Waals surface area (Å²) in [5, 5.41) is 7.99. The predicted molar refractivity (Wildman–Crippen MR) is 116 cm³/mol. The number of rotatable bonds is 7. The van der Waals surface area contributed by atoms with E-state index in [0.29, 0.717) is 0 Å². The number of carbonyl (C=O) groups is 1. The summed E-state index contributed by atoms with van der Waals surface area (Å²) in [5.41, 5.74) is 6.77. The Morgan fingerprint density at radius 2 is 1.75 bits per heavy atom. The van der Waals surface area contributed by atoms with Gasteiger partial charge in [0.25, 0.3) is 5.91 Å². The van der Waals surface area contributed by atoms with E-state index in [0.717, 1.165) is 62.2 Å². The summed E-state index contributed by atoms with van der Waals surface area (Å²) in [7, 11) is 3.55. The zero-order valence-corrected chi connectivity index (χ0v) is 17.3. The molecule has 1 aliphatic heterocycles. The molecule has 2 aromatic carbocycles. The van der Waals surface area contributed by atoms with Gasteiger partial charge in [-0.3, -0.25) is 9.69 Å². The molecule has 0 spiro atoms. The van der Waals surface area contributed by atoms with E-state index in [9.17, 15) is 4.79 Å². The number of fused-ring (bicyclic) bond motifs is 1. The predicted octanol–water partition coefficient (Wildman–Crippen LogP) is 4.62. The molecule has 4 heteroatoms. The second kappa shape index (κ2) is 9.16. The van der Waals surface area contributed by atoms with Gasteiger partial charge < -0.3 is 10.3 Å². The molecule has 1 aliphatic rings. The molecule has 0 bridgehead atoms. The lowest BCUT2D eigenvalue weighted by molar-refractivity contribution is 0.0827. The van der Waals surface area contributed by atoms with Crippen LogP contribution in [-0.2, 0) is 13.0 Å². The largest absolute Gasteiger partial charge is 0.345 e. The molecule has 4 nitrogen and oxygen atoms in total. The summed E-state index contributed by atoms with van der Waals surface area (Å²) in [6.45, 7) is 5.16. The molecule has 0 fully saturated rings. The highest BCUT2D eigenvalue weighted by molar-refractivity contribution is 5.94. The highest BCUT2D eigenvalue weighted by atomic mass is 16.2. The monoisotopic (exact) mass is 377 g/mol. The summed E-state index contributed by atoms with van der Waals surface area (Å²) in [6, 6.07) is 14.6. The van der Waals surface area contributed by atoms with Crippen molar-refractivity contribution in [2.75, 3.05) is 27.2 Å². The zero-order chi connectivity index (χ0) is 20.1. The molecule has 1 N–H and O–H groups in total. The van der Waals surface area contributed by atoms with E-state index in [1.807, 2.05) is 24.3 Å². The molecule has 0 aliphatic carbocycles. The van der Waals surface area contributed by atoms with Gasteiger partial charge in [-0.25, -0.2) is 0 Å². The van der Waals surface area contributed by atoms with Crippen molar-refractivity contribution in [3.05, 3.63) is 59.2 Å². The van der Waals surface area contributed by atoms with Crippen LogP contribution in [0.15, 0.2) is 42.5 Å². The van der Waals surface area contributed by atoms with Crippen LogP contribution in [-0.4, -0.2) is 48.6 Å². The minimum atomic E-state index is 0.0316. The Morgan fingerprint density at radius 3 is 2.43 bits per heavy atom. The summed E-state index contributed by atoms with van der Waals surface area (Å²) in [6.07, 6.45) is 3.93. The number of benzene rings is 2. The second-order valence-corrected chi connectivity index (χ2v) is 7.89. The Bertz CT molecular complexity index is 839. The fourth-order valence-electron chi connectivity index (χ4n) is 3.77. The van der Waals surface area contributed by atoms with Crippen LogP contribution in [0.25, 0.3) is 11.1 Å². The molecule has 0 saturated carbocycles. The van der Waals surface area contributed by atoms with Crippen molar-refractivity contribution >= 4 is 11.6 Å². The van der Waals surface area contributed by atoms with Gasteiger partial charge >= 0.3 is 0 Å². The Kier molecular flexibility index (Phi) is 6.63. The molecule has 148 valence electrons. The second-order valence-electron chi connectivity index (χ2n) is 7.89. The summed E-state index contributed by atoms with van der Waals surface area (Å²) < 4.78 is 0. The zero-order valence-electron chi connectivity index (χ0n) is 17.3. The number of nitrogens with zero attached hydrogens (tertiary/aromatic N) is 2. The van der Waals surface area contributed by atoms with Crippen LogP contribution >= 0.6 is 0 Å². The Hall–Kier alpha value is -2.46. The Labute approximate surface area is 168 Å². The number of amides is 1. The molecule has 1 amide bonds. The van der Waals surface area contributed by atoms with Crippen molar-refractivity contribution in [3.63, 3.8) is 0 Å². The average molecular weight is 378 g/mol. The fraction of sp³-hybridized carbons (Fsp3) is 0.417. The third-order valence-corrected chi connectivity index (χ3v) is 5.45. The maximum atomic E-state index is 12.1. The topological polar surface area (TPSA) is 47.4 Å². The highest BCUT2D eigenvalue weighted by Crippen LogP contribution is 2.27. The summed E-state index contributed by atoms with van der Waals surface area (Å²) >= 11 is 0. The van der Waals surface area contributed by atoms with Gasteiger partial charge in [0.15, 0.2) is 0 Å². The van der Waals surface area contributed by atoms with Gasteiger partial charge in [-0.2, -0.15) is 0 Å². The maximum absolute atomic E-state index is 12.1. The van der Waals surface area contributed by atoms with Crippen LogP contribution in [0.1, 0.15) is 47.7 Å². The van der Waals surface area contributed by atoms with E-state index < -0.39 is 0 Å². The van der Waals surface area contributed by atoms with Gasteiger partial charge in [0.2, 0.25) is 0 Å². The van der Waals surface area contributed by atoms with E-state index in [2.05, 4.69) is 30.0 Å². The molecule has 0 radical (unpaired) electrons. The van der Waals surface area contributed by atoms with Crippen molar-refractivity contribution in [1.29, 1.82) is 5.41 Å². The molecule has 0 aromatic heterocycles. The first kappa shape index (κ1) is 20.3. The van der Waals surface area contributed by atoms with E-state index in [1.165, 1.54) is 16.7 Å².